The van der Waals surface area contributed by atoms with E-state index >= 15 is 0 Å². The van der Waals surface area contributed by atoms with E-state index in [4.69, 9.17) is 4.42 Å². The second-order valence-corrected chi connectivity index (χ2v) is 6.04. The number of aliphatic hydroxyl groups is 1. The molecule has 0 spiro atoms. The summed E-state index contributed by atoms with van der Waals surface area (Å²) < 4.78 is 5.48. The molecule has 5 heteroatoms. The van der Waals surface area contributed by atoms with Gasteiger partial charge < -0.3 is 14.4 Å². The number of carbonyl (C=O) groups is 1. The second kappa shape index (κ2) is 5.97. The molecule has 0 atom stereocenters. The Morgan fingerprint density at radius 2 is 2.10 bits per heavy atom. The van der Waals surface area contributed by atoms with Crippen LogP contribution in [-0.2, 0) is 11.3 Å². The van der Waals surface area contributed by atoms with Crippen molar-refractivity contribution in [1.29, 1.82) is 0 Å². The van der Waals surface area contributed by atoms with Gasteiger partial charge in [0.1, 0.15) is 11.5 Å². The summed E-state index contributed by atoms with van der Waals surface area (Å²) in [5.41, 5.74) is -0.572. The maximum Gasteiger partial charge on any atom is 0.236 e. The van der Waals surface area contributed by atoms with Crippen molar-refractivity contribution in [3.8, 4) is 0 Å². The minimum Gasteiger partial charge on any atom is -0.464 e. The summed E-state index contributed by atoms with van der Waals surface area (Å²) in [6.07, 6.45) is 1.45. The minimum atomic E-state index is -0.572. The number of nitrogens with zero attached hydrogens (tertiary/aromatic N) is 2. The van der Waals surface area contributed by atoms with Gasteiger partial charge in [-0.25, -0.2) is 0 Å². The highest BCUT2D eigenvalue weighted by atomic mass is 16.3. The summed E-state index contributed by atoms with van der Waals surface area (Å²) in [4.78, 5) is 16.0. The quantitative estimate of drug-likeness (QED) is 0.905. The van der Waals surface area contributed by atoms with Crippen LogP contribution in [0.1, 0.15) is 31.3 Å². The lowest BCUT2D eigenvalue weighted by Gasteiger charge is -2.35. The number of amides is 1. The van der Waals surface area contributed by atoms with Gasteiger partial charge in [-0.05, 0) is 38.8 Å². The van der Waals surface area contributed by atoms with Crippen LogP contribution < -0.4 is 0 Å². The average Bonchev–Trinajstić information content (AvgIpc) is 2.77. The molecule has 20 heavy (non-hydrogen) atoms. The molecule has 1 amide bonds. The van der Waals surface area contributed by atoms with E-state index in [1.54, 1.807) is 11.9 Å². The van der Waals surface area contributed by atoms with Crippen LogP contribution >= 0.6 is 0 Å². The Morgan fingerprint density at radius 1 is 1.45 bits per heavy atom. The fourth-order valence-corrected chi connectivity index (χ4v) is 2.40. The largest absolute Gasteiger partial charge is 0.464 e. The van der Waals surface area contributed by atoms with Gasteiger partial charge >= 0.3 is 0 Å². The van der Waals surface area contributed by atoms with Gasteiger partial charge in [0.2, 0.25) is 5.91 Å². The van der Waals surface area contributed by atoms with Crippen LogP contribution in [-0.4, -0.2) is 53.1 Å². The number of piperidine rings is 1. The average molecular weight is 280 g/mol. The predicted molar refractivity (Wildman–Crippen MR) is 76.2 cm³/mol. The van der Waals surface area contributed by atoms with Crippen LogP contribution in [0.5, 0.6) is 0 Å². The number of aryl methyl sites for hydroxylation is 1. The van der Waals surface area contributed by atoms with Gasteiger partial charge in [-0.15, -0.1) is 0 Å². The highest BCUT2D eigenvalue weighted by Crippen LogP contribution is 2.21. The zero-order valence-electron chi connectivity index (χ0n) is 12.6. The monoisotopic (exact) mass is 280 g/mol. The number of hydrogen-bond donors (Lipinski definition) is 1. The Kier molecular flexibility index (Phi) is 4.50. The third-order valence-corrected chi connectivity index (χ3v) is 3.91. The third kappa shape index (κ3) is 4.08. The van der Waals surface area contributed by atoms with Gasteiger partial charge in [0.05, 0.1) is 18.7 Å². The van der Waals surface area contributed by atoms with Crippen molar-refractivity contribution in [2.24, 2.45) is 0 Å². The SMILES string of the molecule is Cc1ccc(CN(C)C(=O)CN2CCC(C)(O)CC2)o1. The van der Waals surface area contributed by atoms with Gasteiger partial charge in [-0.3, -0.25) is 9.69 Å². The van der Waals surface area contributed by atoms with Crippen molar-refractivity contribution < 1.29 is 14.3 Å². The lowest BCUT2D eigenvalue weighted by Crippen LogP contribution is -2.46. The van der Waals surface area contributed by atoms with Crippen molar-refractivity contribution in [2.75, 3.05) is 26.7 Å². The van der Waals surface area contributed by atoms with E-state index in [0.29, 0.717) is 13.1 Å². The summed E-state index contributed by atoms with van der Waals surface area (Å²) in [6.45, 7) is 6.20. The molecule has 1 aliphatic heterocycles. The molecule has 1 fully saturated rings. The van der Waals surface area contributed by atoms with Gasteiger partial charge in [0.25, 0.3) is 0 Å². The van der Waals surface area contributed by atoms with Crippen molar-refractivity contribution in [2.45, 2.75) is 38.8 Å². The first-order valence-electron chi connectivity index (χ1n) is 7.10. The molecule has 0 radical (unpaired) electrons. The summed E-state index contributed by atoms with van der Waals surface area (Å²) in [7, 11) is 1.79. The second-order valence-electron chi connectivity index (χ2n) is 6.04. The first-order valence-corrected chi connectivity index (χ1v) is 7.10. The van der Waals surface area contributed by atoms with Crippen LogP contribution in [0.4, 0.5) is 0 Å². The molecule has 0 aliphatic carbocycles. The predicted octanol–water partition coefficient (Wildman–Crippen LogP) is 1.39. The number of likely N-dealkylation sites (tertiary alicyclic amines) is 1. The summed E-state index contributed by atoms with van der Waals surface area (Å²) >= 11 is 0. The Labute approximate surface area is 120 Å². The van der Waals surface area contributed by atoms with E-state index in [1.807, 2.05) is 26.0 Å². The number of hydrogen-bond acceptors (Lipinski definition) is 4. The summed E-state index contributed by atoms with van der Waals surface area (Å²) in [5.74, 6) is 1.75. The van der Waals surface area contributed by atoms with Crippen molar-refractivity contribution in [1.82, 2.24) is 9.80 Å². The Bertz CT molecular complexity index is 457. The minimum absolute atomic E-state index is 0.0839. The van der Waals surface area contributed by atoms with Crippen LogP contribution in [0.3, 0.4) is 0 Å². The molecule has 0 saturated carbocycles. The highest BCUT2D eigenvalue weighted by Gasteiger charge is 2.28. The molecule has 112 valence electrons. The van der Waals surface area contributed by atoms with E-state index in [1.165, 1.54) is 0 Å². The maximum atomic E-state index is 12.2. The topological polar surface area (TPSA) is 56.9 Å². The Balaban J connectivity index is 1.79. The zero-order chi connectivity index (χ0) is 14.8. The molecular formula is C15H24N2O3. The molecule has 2 heterocycles. The molecule has 1 aliphatic rings. The third-order valence-electron chi connectivity index (χ3n) is 3.91. The van der Waals surface area contributed by atoms with Crippen LogP contribution in [0.25, 0.3) is 0 Å². The number of rotatable bonds is 4. The van der Waals surface area contributed by atoms with E-state index in [0.717, 1.165) is 37.5 Å². The molecule has 0 bridgehead atoms. The van der Waals surface area contributed by atoms with Crippen molar-refractivity contribution in [3.63, 3.8) is 0 Å². The van der Waals surface area contributed by atoms with Gasteiger partial charge in [-0.2, -0.15) is 0 Å². The van der Waals surface area contributed by atoms with Gasteiger partial charge in [0, 0.05) is 20.1 Å². The first-order chi connectivity index (χ1) is 9.35. The van der Waals surface area contributed by atoms with Crippen LogP contribution in [0.15, 0.2) is 16.5 Å². The Morgan fingerprint density at radius 3 is 2.65 bits per heavy atom. The lowest BCUT2D eigenvalue weighted by molar-refractivity contribution is -0.133. The standard InChI is InChI=1S/C15H24N2O3/c1-12-4-5-13(20-12)10-16(3)14(18)11-17-8-6-15(2,19)7-9-17/h4-5,19H,6-11H2,1-3H3. The summed E-state index contributed by atoms with van der Waals surface area (Å²) in [6, 6.07) is 3.80. The lowest BCUT2D eigenvalue weighted by atomic mass is 9.94. The Hall–Kier alpha value is -1.33. The van der Waals surface area contributed by atoms with Gasteiger partial charge in [-0.1, -0.05) is 0 Å². The van der Waals surface area contributed by atoms with Crippen LogP contribution in [0.2, 0.25) is 0 Å². The highest BCUT2D eigenvalue weighted by molar-refractivity contribution is 5.77. The number of carbonyl (C=O) groups excluding carboxylic acids is 1. The van der Waals surface area contributed by atoms with Gasteiger partial charge in [0.15, 0.2) is 0 Å². The number of likely N-dealkylation sites (N-methyl/N-ethyl adjacent to an activating group) is 1. The van der Waals surface area contributed by atoms with E-state index in [-0.39, 0.29) is 5.91 Å². The molecule has 0 aromatic carbocycles. The fraction of sp³-hybridized carbons (Fsp3) is 0.667. The van der Waals surface area contributed by atoms with E-state index in [9.17, 15) is 9.90 Å². The number of furan rings is 1. The molecular weight excluding hydrogens is 256 g/mol. The molecule has 0 unspecified atom stereocenters. The van der Waals surface area contributed by atoms with Crippen molar-refractivity contribution in [3.05, 3.63) is 23.7 Å². The summed E-state index contributed by atoms with van der Waals surface area (Å²) in [5, 5.41) is 9.90. The molecule has 1 aromatic heterocycles. The normalized spacial score (nSPS) is 19.0. The molecule has 1 aromatic rings. The van der Waals surface area contributed by atoms with E-state index in [2.05, 4.69) is 4.90 Å². The maximum absolute atomic E-state index is 12.2. The molecule has 1 saturated heterocycles. The molecule has 2 rings (SSSR count). The first kappa shape index (κ1) is 15.1. The van der Waals surface area contributed by atoms with Crippen LogP contribution in [0, 0.1) is 6.92 Å². The van der Waals surface area contributed by atoms with E-state index < -0.39 is 5.60 Å². The smallest absolute Gasteiger partial charge is 0.236 e. The fourth-order valence-electron chi connectivity index (χ4n) is 2.40. The molecule has 1 N–H and O–H groups in total. The zero-order valence-corrected chi connectivity index (χ0v) is 12.6. The van der Waals surface area contributed by atoms with Crippen molar-refractivity contribution >= 4 is 5.91 Å². The molecule has 5 nitrogen and oxygen atoms in total.